The van der Waals surface area contributed by atoms with Gasteiger partial charge < -0.3 is 0 Å². The Morgan fingerprint density at radius 1 is 1.08 bits per heavy atom. The molecule has 2 aliphatic carbocycles. The lowest BCUT2D eigenvalue weighted by Gasteiger charge is -2.33. The van der Waals surface area contributed by atoms with E-state index in [1.165, 1.54) is 0 Å². The van der Waals surface area contributed by atoms with Crippen LogP contribution >= 0.6 is 0 Å². The zero-order valence-corrected chi connectivity index (χ0v) is 14.1. The van der Waals surface area contributed by atoms with Gasteiger partial charge >= 0.3 is 0 Å². The summed E-state index contributed by atoms with van der Waals surface area (Å²) < 4.78 is 85.4. The highest BCUT2D eigenvalue weighted by Crippen LogP contribution is 2.58. The molecular weight excluding hydrogens is 342 g/mol. The molecule has 0 saturated heterocycles. The molecule has 2 saturated carbocycles. The summed E-state index contributed by atoms with van der Waals surface area (Å²) in [5, 5.41) is 0. The summed E-state index contributed by atoms with van der Waals surface area (Å²) in [7, 11) is 0. The lowest BCUT2D eigenvalue weighted by Crippen LogP contribution is -2.48. The van der Waals surface area contributed by atoms with Gasteiger partial charge in [0.15, 0.2) is 23.1 Å². The van der Waals surface area contributed by atoms with Gasteiger partial charge in [-0.3, -0.25) is 0 Å². The fourth-order valence-corrected chi connectivity index (χ4v) is 4.70. The number of hydrogen-bond acceptors (Lipinski definition) is 0. The molecule has 5 unspecified atom stereocenters. The van der Waals surface area contributed by atoms with Gasteiger partial charge in [0, 0.05) is 0 Å². The first-order valence-corrected chi connectivity index (χ1v) is 8.86. The highest BCUT2D eigenvalue weighted by molar-refractivity contribution is 5.26. The monoisotopic (exact) mass is 364 g/mol. The molecular formula is C19H22F6. The lowest BCUT2D eigenvalue weighted by atomic mass is 9.84. The quantitative estimate of drug-likeness (QED) is 0.434. The molecule has 1 aromatic rings. The van der Waals surface area contributed by atoms with Crippen molar-refractivity contribution in [2.45, 2.75) is 75.3 Å². The number of hydrogen-bond donors (Lipinski definition) is 0. The topological polar surface area (TPSA) is 0 Å². The zero-order valence-electron chi connectivity index (χ0n) is 14.1. The summed E-state index contributed by atoms with van der Waals surface area (Å²) in [5.41, 5.74) is -4.76. The first-order chi connectivity index (χ1) is 11.7. The first-order valence-electron chi connectivity index (χ1n) is 8.86. The minimum absolute atomic E-state index is 0.0172. The summed E-state index contributed by atoms with van der Waals surface area (Å²) in [6.45, 7) is 1.92. The van der Waals surface area contributed by atoms with E-state index < -0.39 is 40.9 Å². The molecule has 6 heteroatoms. The van der Waals surface area contributed by atoms with Crippen LogP contribution in [0.4, 0.5) is 26.3 Å². The molecule has 2 fully saturated rings. The van der Waals surface area contributed by atoms with Crippen LogP contribution in [0, 0.1) is 23.4 Å². The van der Waals surface area contributed by atoms with Crippen LogP contribution in [0.15, 0.2) is 12.1 Å². The molecule has 0 N–H and O–H groups in total. The number of halogens is 6. The Hall–Kier alpha value is -1.20. The van der Waals surface area contributed by atoms with Gasteiger partial charge in [-0.1, -0.05) is 19.8 Å². The third kappa shape index (κ3) is 3.06. The predicted octanol–water partition coefficient (Wildman–Crippen LogP) is 6.34. The van der Waals surface area contributed by atoms with Gasteiger partial charge in [0.25, 0.3) is 0 Å². The second kappa shape index (κ2) is 6.51. The molecule has 0 bridgehead atoms. The van der Waals surface area contributed by atoms with Crippen molar-refractivity contribution >= 4 is 0 Å². The molecule has 25 heavy (non-hydrogen) atoms. The fourth-order valence-electron chi connectivity index (χ4n) is 4.70. The van der Waals surface area contributed by atoms with Crippen molar-refractivity contribution in [3.8, 4) is 0 Å². The number of benzene rings is 1. The SMILES string of the molecule is CCCC1CC2(F)CCC(c3cc(F)c(F)c(F)c3)CC(F)C2(F)C1. The molecule has 0 heterocycles. The maximum Gasteiger partial charge on any atom is 0.194 e. The minimum atomic E-state index is -2.56. The van der Waals surface area contributed by atoms with E-state index in [1.54, 1.807) is 0 Å². The molecule has 0 radical (unpaired) electrons. The number of fused-ring (bicyclic) bond motifs is 1. The first kappa shape index (κ1) is 18.6. The van der Waals surface area contributed by atoms with Gasteiger partial charge in [0.2, 0.25) is 0 Å². The summed E-state index contributed by atoms with van der Waals surface area (Å²) in [4.78, 5) is 0. The maximum absolute atomic E-state index is 15.3. The van der Waals surface area contributed by atoms with Crippen molar-refractivity contribution in [1.82, 2.24) is 0 Å². The van der Waals surface area contributed by atoms with Crippen LogP contribution in [-0.2, 0) is 0 Å². The van der Waals surface area contributed by atoms with E-state index >= 15 is 8.78 Å². The van der Waals surface area contributed by atoms with Gasteiger partial charge in [0.05, 0.1) is 0 Å². The molecule has 140 valence electrons. The average molecular weight is 364 g/mol. The highest BCUT2D eigenvalue weighted by atomic mass is 19.2. The van der Waals surface area contributed by atoms with E-state index in [1.807, 2.05) is 6.92 Å². The number of alkyl halides is 3. The molecule has 5 atom stereocenters. The van der Waals surface area contributed by atoms with E-state index in [4.69, 9.17) is 0 Å². The third-order valence-electron chi connectivity index (χ3n) is 5.99. The van der Waals surface area contributed by atoms with Crippen molar-refractivity contribution < 1.29 is 26.3 Å². The summed E-state index contributed by atoms with van der Waals surface area (Å²) in [6, 6.07) is 1.60. The lowest BCUT2D eigenvalue weighted by molar-refractivity contribution is -0.0660. The van der Waals surface area contributed by atoms with Gasteiger partial charge in [0.1, 0.15) is 11.8 Å². The molecule has 3 rings (SSSR count). The van der Waals surface area contributed by atoms with Gasteiger partial charge in [-0.25, -0.2) is 26.3 Å². The van der Waals surface area contributed by atoms with Crippen molar-refractivity contribution in [2.75, 3.05) is 0 Å². The normalized spacial score (nSPS) is 38.4. The third-order valence-corrected chi connectivity index (χ3v) is 5.99. The average Bonchev–Trinajstić information content (AvgIpc) is 2.75. The molecule has 0 nitrogen and oxygen atoms in total. The minimum Gasteiger partial charge on any atom is -0.244 e. The van der Waals surface area contributed by atoms with Crippen LogP contribution in [0.25, 0.3) is 0 Å². The van der Waals surface area contributed by atoms with Crippen molar-refractivity contribution in [1.29, 1.82) is 0 Å². The van der Waals surface area contributed by atoms with E-state index in [0.29, 0.717) is 6.42 Å². The van der Waals surface area contributed by atoms with Crippen molar-refractivity contribution in [2.24, 2.45) is 5.92 Å². The van der Waals surface area contributed by atoms with E-state index in [-0.39, 0.29) is 43.6 Å². The van der Waals surface area contributed by atoms with E-state index in [9.17, 15) is 17.6 Å². The Morgan fingerprint density at radius 3 is 2.32 bits per heavy atom. The second-order valence-corrected chi connectivity index (χ2v) is 7.63. The molecule has 2 aliphatic rings. The van der Waals surface area contributed by atoms with Crippen LogP contribution < -0.4 is 0 Å². The molecule has 0 spiro atoms. The highest BCUT2D eigenvalue weighted by Gasteiger charge is 2.65. The molecule has 0 aliphatic heterocycles. The summed E-state index contributed by atoms with van der Waals surface area (Å²) in [5.74, 6) is -5.27. The standard InChI is InChI=1S/C19H22F6/c1-2-3-11-9-18(24)5-4-12(8-16(22)19(18,25)10-11)13-6-14(20)17(23)15(21)7-13/h6-7,11-12,16H,2-5,8-10H2,1H3. The van der Waals surface area contributed by atoms with Gasteiger partial charge in [-0.2, -0.15) is 0 Å². The Morgan fingerprint density at radius 2 is 1.72 bits per heavy atom. The largest absolute Gasteiger partial charge is 0.244 e. The van der Waals surface area contributed by atoms with Crippen molar-refractivity contribution in [3.63, 3.8) is 0 Å². The Labute approximate surface area is 143 Å². The smallest absolute Gasteiger partial charge is 0.194 e. The summed E-state index contributed by atoms with van der Waals surface area (Å²) >= 11 is 0. The Bertz CT molecular complexity index is 624. The zero-order chi connectivity index (χ0) is 18.4. The molecule has 0 aromatic heterocycles. The molecule has 0 amide bonds. The van der Waals surface area contributed by atoms with Gasteiger partial charge in [-0.15, -0.1) is 0 Å². The van der Waals surface area contributed by atoms with Crippen LogP contribution in [0.5, 0.6) is 0 Å². The van der Waals surface area contributed by atoms with E-state index in [2.05, 4.69) is 0 Å². The second-order valence-electron chi connectivity index (χ2n) is 7.63. The van der Waals surface area contributed by atoms with E-state index in [0.717, 1.165) is 18.6 Å². The molecule has 1 aromatic carbocycles. The number of rotatable bonds is 3. The Balaban J connectivity index is 1.87. The van der Waals surface area contributed by atoms with Crippen LogP contribution in [0.3, 0.4) is 0 Å². The van der Waals surface area contributed by atoms with Crippen LogP contribution in [0.1, 0.15) is 63.4 Å². The van der Waals surface area contributed by atoms with Crippen molar-refractivity contribution in [3.05, 3.63) is 35.1 Å². The summed E-state index contributed by atoms with van der Waals surface area (Å²) in [6.07, 6.45) is -1.27. The van der Waals surface area contributed by atoms with Crippen LogP contribution in [0.2, 0.25) is 0 Å². The van der Waals surface area contributed by atoms with Gasteiger partial charge in [-0.05, 0) is 61.6 Å². The Kier molecular flexibility index (Phi) is 4.84. The fraction of sp³-hybridized carbons (Fsp3) is 0.684. The maximum atomic E-state index is 15.3. The predicted molar refractivity (Wildman–Crippen MR) is 83.1 cm³/mol. The van der Waals surface area contributed by atoms with Crippen LogP contribution in [-0.4, -0.2) is 17.5 Å².